The maximum atomic E-state index is 11.8. The quantitative estimate of drug-likeness (QED) is 0.838. The van der Waals surface area contributed by atoms with E-state index in [1.807, 2.05) is 42.8 Å². The number of hydrogen-bond acceptors (Lipinski definition) is 5. The van der Waals surface area contributed by atoms with Gasteiger partial charge >= 0.3 is 0 Å². The predicted octanol–water partition coefficient (Wildman–Crippen LogP) is 1.05. The Hall–Kier alpha value is -1.93. The molecule has 0 N–H and O–H groups in total. The molecule has 0 saturated carbocycles. The summed E-state index contributed by atoms with van der Waals surface area (Å²) in [5.41, 5.74) is 0. The summed E-state index contributed by atoms with van der Waals surface area (Å²) in [5, 5.41) is 0. The van der Waals surface area contributed by atoms with Crippen molar-refractivity contribution in [2.24, 2.45) is 0 Å². The van der Waals surface area contributed by atoms with E-state index in [1.54, 1.807) is 10.5 Å². The third-order valence-electron chi connectivity index (χ3n) is 4.11. The number of aryl methyl sites for hydroxylation is 1. The Morgan fingerprint density at radius 2 is 1.96 bits per heavy atom. The summed E-state index contributed by atoms with van der Waals surface area (Å²) < 4.78 is 27.0. The topological polar surface area (TPSA) is 71.3 Å². The molecule has 0 aromatic carbocycles. The van der Waals surface area contributed by atoms with Crippen molar-refractivity contribution in [3.8, 4) is 5.82 Å². The lowest BCUT2D eigenvalue weighted by atomic mass is 10.2. The fourth-order valence-electron chi connectivity index (χ4n) is 2.98. The molecule has 0 unspecified atom stereocenters. The molecule has 1 saturated heterocycles. The van der Waals surface area contributed by atoms with Gasteiger partial charge in [0.25, 0.3) is 0 Å². The zero-order valence-electron chi connectivity index (χ0n) is 13.5. The van der Waals surface area contributed by atoms with Crippen LogP contribution in [0.1, 0.15) is 12.7 Å². The molecule has 0 aliphatic carbocycles. The van der Waals surface area contributed by atoms with E-state index < -0.39 is 10.0 Å². The fraction of sp³-hybridized carbons (Fsp3) is 0.467. The van der Waals surface area contributed by atoms with E-state index in [-0.39, 0.29) is 6.04 Å². The number of rotatable bonds is 3. The molecule has 2 aromatic heterocycles. The van der Waals surface area contributed by atoms with Crippen LogP contribution in [0.4, 0.5) is 5.82 Å². The van der Waals surface area contributed by atoms with Crippen molar-refractivity contribution in [1.82, 2.24) is 18.8 Å². The summed E-state index contributed by atoms with van der Waals surface area (Å²) in [7, 11) is -3.16. The van der Waals surface area contributed by atoms with Crippen LogP contribution in [0.3, 0.4) is 0 Å². The van der Waals surface area contributed by atoms with Gasteiger partial charge in [-0.1, -0.05) is 6.07 Å². The molecule has 0 amide bonds. The van der Waals surface area contributed by atoms with Gasteiger partial charge in [0, 0.05) is 38.1 Å². The number of imidazole rings is 1. The number of pyridine rings is 1. The second-order valence-electron chi connectivity index (χ2n) is 5.87. The molecule has 124 valence electrons. The maximum absolute atomic E-state index is 11.8. The van der Waals surface area contributed by atoms with Gasteiger partial charge in [-0.25, -0.2) is 18.4 Å². The summed E-state index contributed by atoms with van der Waals surface area (Å²) in [6, 6.07) is 5.79. The highest BCUT2D eigenvalue weighted by atomic mass is 32.2. The van der Waals surface area contributed by atoms with Crippen molar-refractivity contribution in [2.45, 2.75) is 19.9 Å². The standard InChI is InChI=1S/C15H21N5O2S/c1-12-11-18(9-10-20(12)23(3,21)22)14-5-4-6-15(17-14)19-8-7-16-13(19)2/h4-8,12H,9-11H2,1-3H3/t12-/m0/s1. The number of aromatic nitrogens is 3. The minimum atomic E-state index is -3.16. The predicted molar refractivity (Wildman–Crippen MR) is 89.3 cm³/mol. The Kier molecular flexibility index (Phi) is 4.11. The third kappa shape index (κ3) is 3.23. The second kappa shape index (κ2) is 5.93. The van der Waals surface area contributed by atoms with Gasteiger partial charge < -0.3 is 4.90 Å². The highest BCUT2D eigenvalue weighted by Crippen LogP contribution is 2.20. The minimum Gasteiger partial charge on any atom is -0.354 e. The van der Waals surface area contributed by atoms with Gasteiger partial charge in [-0.2, -0.15) is 4.31 Å². The molecular formula is C15H21N5O2S. The number of anilines is 1. The first kappa shape index (κ1) is 15.9. The molecule has 3 heterocycles. The van der Waals surface area contributed by atoms with Crippen molar-refractivity contribution < 1.29 is 8.42 Å². The molecule has 0 radical (unpaired) electrons. The van der Waals surface area contributed by atoms with Crippen LogP contribution >= 0.6 is 0 Å². The van der Waals surface area contributed by atoms with E-state index in [1.165, 1.54) is 6.26 Å². The molecule has 7 nitrogen and oxygen atoms in total. The van der Waals surface area contributed by atoms with E-state index in [0.717, 1.165) is 17.5 Å². The van der Waals surface area contributed by atoms with Gasteiger partial charge in [-0.3, -0.25) is 4.57 Å². The summed E-state index contributed by atoms with van der Waals surface area (Å²) in [6.45, 7) is 5.61. The average Bonchev–Trinajstić information content (AvgIpc) is 2.92. The first-order valence-electron chi connectivity index (χ1n) is 7.55. The number of nitrogens with zero attached hydrogens (tertiary/aromatic N) is 5. The van der Waals surface area contributed by atoms with Gasteiger partial charge in [-0.05, 0) is 26.0 Å². The molecule has 2 aromatic rings. The van der Waals surface area contributed by atoms with Gasteiger partial charge in [0.05, 0.1) is 6.26 Å². The van der Waals surface area contributed by atoms with Crippen molar-refractivity contribution in [3.05, 3.63) is 36.4 Å². The lowest BCUT2D eigenvalue weighted by Gasteiger charge is -2.38. The highest BCUT2D eigenvalue weighted by Gasteiger charge is 2.30. The first-order valence-corrected chi connectivity index (χ1v) is 9.40. The molecule has 23 heavy (non-hydrogen) atoms. The monoisotopic (exact) mass is 335 g/mol. The van der Waals surface area contributed by atoms with Crippen LogP contribution in [-0.2, 0) is 10.0 Å². The van der Waals surface area contributed by atoms with E-state index in [9.17, 15) is 8.42 Å². The summed E-state index contributed by atoms with van der Waals surface area (Å²) in [6.07, 6.45) is 4.89. The van der Waals surface area contributed by atoms with Gasteiger partial charge in [0.2, 0.25) is 10.0 Å². The molecule has 8 heteroatoms. The molecule has 0 spiro atoms. The van der Waals surface area contributed by atoms with Crippen LogP contribution in [0.15, 0.2) is 30.6 Å². The number of sulfonamides is 1. The van der Waals surface area contributed by atoms with E-state index in [0.29, 0.717) is 19.6 Å². The molecule has 0 bridgehead atoms. The van der Waals surface area contributed by atoms with Crippen molar-refractivity contribution in [2.75, 3.05) is 30.8 Å². The Bertz CT molecular complexity index is 802. The minimum absolute atomic E-state index is 0.0702. The Morgan fingerprint density at radius 3 is 2.57 bits per heavy atom. The Balaban J connectivity index is 1.83. The van der Waals surface area contributed by atoms with Crippen LogP contribution in [0.5, 0.6) is 0 Å². The van der Waals surface area contributed by atoms with Crippen LogP contribution in [0.2, 0.25) is 0 Å². The Labute approximate surface area is 136 Å². The first-order chi connectivity index (χ1) is 10.9. The van der Waals surface area contributed by atoms with Gasteiger partial charge in [-0.15, -0.1) is 0 Å². The van der Waals surface area contributed by atoms with Crippen LogP contribution in [0, 0.1) is 6.92 Å². The summed E-state index contributed by atoms with van der Waals surface area (Å²) >= 11 is 0. The van der Waals surface area contributed by atoms with Crippen LogP contribution < -0.4 is 4.90 Å². The molecule has 1 fully saturated rings. The van der Waals surface area contributed by atoms with E-state index in [2.05, 4.69) is 9.88 Å². The van der Waals surface area contributed by atoms with Crippen LogP contribution in [0.25, 0.3) is 5.82 Å². The lowest BCUT2D eigenvalue weighted by molar-refractivity contribution is 0.308. The normalized spacial score (nSPS) is 20.0. The maximum Gasteiger partial charge on any atom is 0.211 e. The lowest BCUT2D eigenvalue weighted by Crippen LogP contribution is -2.53. The second-order valence-corrected chi connectivity index (χ2v) is 7.80. The Morgan fingerprint density at radius 1 is 1.22 bits per heavy atom. The highest BCUT2D eigenvalue weighted by molar-refractivity contribution is 7.88. The van der Waals surface area contributed by atoms with Gasteiger partial charge in [0.1, 0.15) is 17.5 Å². The fourth-order valence-corrected chi connectivity index (χ4v) is 4.12. The molecular weight excluding hydrogens is 314 g/mol. The summed E-state index contributed by atoms with van der Waals surface area (Å²) in [5.74, 6) is 2.55. The average molecular weight is 335 g/mol. The third-order valence-corrected chi connectivity index (χ3v) is 5.50. The number of hydrogen-bond donors (Lipinski definition) is 0. The molecule has 1 aliphatic heterocycles. The van der Waals surface area contributed by atoms with E-state index >= 15 is 0 Å². The SMILES string of the molecule is Cc1nccn1-c1cccc(N2CCN(S(C)(=O)=O)[C@@H](C)C2)n1. The molecule has 1 aliphatic rings. The molecule has 1 atom stereocenters. The zero-order chi connectivity index (χ0) is 16.6. The smallest absolute Gasteiger partial charge is 0.211 e. The molecule has 3 rings (SSSR count). The van der Waals surface area contributed by atoms with Crippen LogP contribution in [-0.4, -0.2) is 59.2 Å². The summed E-state index contributed by atoms with van der Waals surface area (Å²) in [4.78, 5) is 11.0. The largest absolute Gasteiger partial charge is 0.354 e. The zero-order valence-corrected chi connectivity index (χ0v) is 14.4. The van der Waals surface area contributed by atoms with Gasteiger partial charge in [0.15, 0.2) is 0 Å². The van der Waals surface area contributed by atoms with Crippen molar-refractivity contribution >= 4 is 15.8 Å². The number of piperazine rings is 1. The van der Waals surface area contributed by atoms with Crippen molar-refractivity contribution in [1.29, 1.82) is 0 Å². The van der Waals surface area contributed by atoms with Crippen molar-refractivity contribution in [3.63, 3.8) is 0 Å². The van der Waals surface area contributed by atoms with E-state index in [4.69, 9.17) is 4.98 Å².